The predicted molar refractivity (Wildman–Crippen MR) is 73.7 cm³/mol. The number of ether oxygens (including phenoxy) is 1. The van der Waals surface area contributed by atoms with Crippen LogP contribution in [0.5, 0.6) is 0 Å². The van der Waals surface area contributed by atoms with E-state index in [-0.39, 0.29) is 18.0 Å². The quantitative estimate of drug-likeness (QED) is 0.678. The summed E-state index contributed by atoms with van der Waals surface area (Å²) >= 11 is 0. The zero-order chi connectivity index (χ0) is 15.9. The van der Waals surface area contributed by atoms with E-state index in [2.05, 4.69) is 9.46 Å². The Balaban J connectivity index is 2.62. The van der Waals surface area contributed by atoms with Gasteiger partial charge in [0.15, 0.2) is 0 Å². The summed E-state index contributed by atoms with van der Waals surface area (Å²) in [7, 11) is -3.75. The Morgan fingerprint density at radius 1 is 1.38 bits per heavy atom. The van der Waals surface area contributed by atoms with E-state index in [0.29, 0.717) is 12.0 Å². The van der Waals surface area contributed by atoms with E-state index < -0.39 is 29.2 Å². The van der Waals surface area contributed by atoms with Crippen LogP contribution in [0.2, 0.25) is 0 Å². The van der Waals surface area contributed by atoms with Crippen LogP contribution in [0, 0.1) is 0 Å². The molecule has 1 unspecified atom stereocenters. The van der Waals surface area contributed by atoms with E-state index in [1.807, 2.05) is 0 Å². The van der Waals surface area contributed by atoms with Gasteiger partial charge in [-0.25, -0.2) is 21.9 Å². The third kappa shape index (κ3) is 6.04. The minimum Gasteiger partial charge on any atom is -0.388 e. The summed E-state index contributed by atoms with van der Waals surface area (Å²) in [5.41, 5.74) is 0.509. The molecule has 0 amide bonds. The van der Waals surface area contributed by atoms with Crippen LogP contribution in [0.15, 0.2) is 29.2 Å². The molecule has 0 aromatic heterocycles. The maximum atomic E-state index is 12.0. The first-order chi connectivity index (χ1) is 9.86. The number of benzene rings is 1. The standard InChI is InChI=1S/C13H19F2NO4S/c1-2-12(17)10-4-3-5-11(8-10)21(18,19)16-6-7-20-9-13(14)15/h3-5,8,12-13,16-17H,2,6-7,9H2,1H3. The summed E-state index contributed by atoms with van der Waals surface area (Å²) in [6.07, 6.45) is -2.83. The van der Waals surface area contributed by atoms with Crippen molar-refractivity contribution >= 4 is 10.0 Å². The zero-order valence-electron chi connectivity index (χ0n) is 11.6. The number of hydrogen-bond donors (Lipinski definition) is 2. The molecule has 0 saturated heterocycles. The lowest BCUT2D eigenvalue weighted by molar-refractivity contribution is 0.0199. The molecule has 0 fully saturated rings. The second-order valence-electron chi connectivity index (χ2n) is 4.36. The Morgan fingerprint density at radius 2 is 2.10 bits per heavy atom. The molecule has 8 heteroatoms. The van der Waals surface area contributed by atoms with E-state index in [1.54, 1.807) is 13.0 Å². The SMILES string of the molecule is CCC(O)c1cccc(S(=O)(=O)NCCOCC(F)F)c1. The lowest BCUT2D eigenvalue weighted by Gasteiger charge is -2.11. The summed E-state index contributed by atoms with van der Waals surface area (Å²) in [6.45, 7) is 0.820. The van der Waals surface area contributed by atoms with Gasteiger partial charge in [0.05, 0.1) is 17.6 Å². The van der Waals surface area contributed by atoms with E-state index >= 15 is 0 Å². The molecule has 1 rings (SSSR count). The molecule has 0 heterocycles. The molecule has 0 bridgehead atoms. The van der Waals surface area contributed by atoms with Crippen LogP contribution in [0.1, 0.15) is 25.0 Å². The highest BCUT2D eigenvalue weighted by atomic mass is 32.2. The summed E-state index contributed by atoms with van der Waals surface area (Å²) in [5, 5.41) is 9.71. The van der Waals surface area contributed by atoms with Crippen LogP contribution in [0.4, 0.5) is 8.78 Å². The van der Waals surface area contributed by atoms with Crippen LogP contribution >= 0.6 is 0 Å². The first kappa shape index (κ1) is 18.0. The summed E-state index contributed by atoms with van der Waals surface area (Å²) in [4.78, 5) is 0.0151. The second-order valence-corrected chi connectivity index (χ2v) is 6.13. The molecule has 2 N–H and O–H groups in total. The van der Waals surface area contributed by atoms with Crippen molar-refractivity contribution in [1.29, 1.82) is 0 Å². The third-order valence-electron chi connectivity index (χ3n) is 2.72. The van der Waals surface area contributed by atoms with Crippen LogP contribution < -0.4 is 4.72 Å². The fraction of sp³-hybridized carbons (Fsp3) is 0.538. The first-order valence-electron chi connectivity index (χ1n) is 6.50. The van der Waals surface area contributed by atoms with Crippen LogP contribution in [0.3, 0.4) is 0 Å². The largest absolute Gasteiger partial charge is 0.388 e. The summed E-state index contributed by atoms with van der Waals surface area (Å²) in [6, 6.07) is 5.96. The Morgan fingerprint density at radius 3 is 2.71 bits per heavy atom. The Kier molecular flexibility index (Phi) is 7.16. The van der Waals surface area contributed by atoms with Gasteiger partial charge in [-0.1, -0.05) is 19.1 Å². The van der Waals surface area contributed by atoms with E-state index in [0.717, 1.165) is 0 Å². The van der Waals surface area contributed by atoms with Gasteiger partial charge in [0.2, 0.25) is 10.0 Å². The molecule has 0 aliphatic rings. The number of nitrogens with one attached hydrogen (secondary N) is 1. The molecule has 5 nitrogen and oxygen atoms in total. The van der Waals surface area contributed by atoms with Gasteiger partial charge in [-0.05, 0) is 24.1 Å². The average Bonchev–Trinajstić information content (AvgIpc) is 2.45. The number of alkyl halides is 2. The normalized spacial score (nSPS) is 13.6. The van der Waals surface area contributed by atoms with E-state index in [1.165, 1.54) is 18.2 Å². The highest BCUT2D eigenvalue weighted by Gasteiger charge is 2.15. The lowest BCUT2D eigenvalue weighted by Crippen LogP contribution is -2.28. The number of halogens is 2. The molecule has 21 heavy (non-hydrogen) atoms. The van der Waals surface area contributed by atoms with Crippen LogP contribution in [0.25, 0.3) is 0 Å². The Hall–Kier alpha value is -1.09. The number of aliphatic hydroxyl groups excluding tert-OH is 1. The Labute approximate surface area is 123 Å². The number of sulfonamides is 1. The summed E-state index contributed by atoms with van der Waals surface area (Å²) in [5.74, 6) is 0. The molecule has 0 spiro atoms. The first-order valence-corrected chi connectivity index (χ1v) is 7.98. The van der Waals surface area contributed by atoms with Gasteiger partial charge in [0.1, 0.15) is 6.61 Å². The second kappa shape index (κ2) is 8.38. The monoisotopic (exact) mass is 323 g/mol. The molecule has 1 aromatic carbocycles. The Bertz CT molecular complexity index is 537. The van der Waals surface area contributed by atoms with Crippen molar-refractivity contribution in [2.45, 2.75) is 30.8 Å². The van der Waals surface area contributed by atoms with Gasteiger partial charge < -0.3 is 9.84 Å². The highest BCUT2D eigenvalue weighted by molar-refractivity contribution is 7.89. The molecule has 1 aromatic rings. The molecule has 120 valence electrons. The third-order valence-corrected chi connectivity index (χ3v) is 4.18. The highest BCUT2D eigenvalue weighted by Crippen LogP contribution is 2.19. The van der Waals surface area contributed by atoms with E-state index in [4.69, 9.17) is 0 Å². The maximum absolute atomic E-state index is 12.0. The number of hydrogen-bond acceptors (Lipinski definition) is 4. The lowest BCUT2D eigenvalue weighted by atomic mass is 10.1. The zero-order valence-corrected chi connectivity index (χ0v) is 12.4. The van der Waals surface area contributed by atoms with Crippen molar-refractivity contribution in [3.63, 3.8) is 0 Å². The molecule has 0 aliphatic heterocycles. The van der Waals surface area contributed by atoms with Crippen molar-refractivity contribution in [1.82, 2.24) is 4.72 Å². The molecule has 0 radical (unpaired) electrons. The van der Waals surface area contributed by atoms with Crippen molar-refractivity contribution < 1.29 is 27.0 Å². The maximum Gasteiger partial charge on any atom is 0.261 e. The molecule has 1 atom stereocenters. The van der Waals surface area contributed by atoms with Crippen molar-refractivity contribution in [2.24, 2.45) is 0 Å². The molecule has 0 saturated carbocycles. The number of rotatable bonds is 9. The average molecular weight is 323 g/mol. The predicted octanol–water partition coefficient (Wildman–Crippen LogP) is 1.69. The van der Waals surface area contributed by atoms with Gasteiger partial charge in [-0.2, -0.15) is 0 Å². The fourth-order valence-corrected chi connectivity index (χ4v) is 2.70. The summed E-state index contributed by atoms with van der Waals surface area (Å²) < 4.78 is 54.5. The van der Waals surface area contributed by atoms with E-state index in [9.17, 15) is 22.3 Å². The van der Waals surface area contributed by atoms with Crippen LogP contribution in [-0.2, 0) is 14.8 Å². The minimum atomic E-state index is -3.75. The van der Waals surface area contributed by atoms with Gasteiger partial charge in [0.25, 0.3) is 6.43 Å². The van der Waals surface area contributed by atoms with Crippen LogP contribution in [-0.4, -0.2) is 39.7 Å². The molecular formula is C13H19F2NO4S. The fourth-order valence-electron chi connectivity index (χ4n) is 1.63. The van der Waals surface area contributed by atoms with Gasteiger partial charge in [-0.15, -0.1) is 0 Å². The van der Waals surface area contributed by atoms with Gasteiger partial charge in [-0.3, -0.25) is 0 Å². The topological polar surface area (TPSA) is 75.6 Å². The van der Waals surface area contributed by atoms with Crippen molar-refractivity contribution in [2.75, 3.05) is 19.8 Å². The van der Waals surface area contributed by atoms with Gasteiger partial charge in [0, 0.05) is 6.54 Å². The van der Waals surface area contributed by atoms with Crippen molar-refractivity contribution in [3.05, 3.63) is 29.8 Å². The molecule has 0 aliphatic carbocycles. The minimum absolute atomic E-state index is 0.0151. The number of aliphatic hydroxyl groups is 1. The van der Waals surface area contributed by atoms with Crippen molar-refractivity contribution in [3.8, 4) is 0 Å². The smallest absolute Gasteiger partial charge is 0.261 e. The van der Waals surface area contributed by atoms with Gasteiger partial charge >= 0.3 is 0 Å². The molecular weight excluding hydrogens is 304 g/mol.